The van der Waals surface area contributed by atoms with E-state index in [-0.39, 0.29) is 11.3 Å². The summed E-state index contributed by atoms with van der Waals surface area (Å²) in [7, 11) is 0. The molecule has 0 atom stereocenters. The number of fused-ring (bicyclic) bond motifs is 1. The number of aromatic nitrogens is 1. The monoisotopic (exact) mass is 374 g/mol. The molecule has 6 heteroatoms. The van der Waals surface area contributed by atoms with Gasteiger partial charge in [-0.2, -0.15) is 5.26 Å². The summed E-state index contributed by atoms with van der Waals surface area (Å²) in [4.78, 5) is 15.4. The van der Waals surface area contributed by atoms with Crippen LogP contribution in [-0.2, 0) is 17.6 Å². The van der Waals surface area contributed by atoms with Gasteiger partial charge in [-0.3, -0.25) is 4.79 Å². The minimum absolute atomic E-state index is 0.0460. The number of phenolic OH excluding ortho intramolecular Hbond substituents is 1. The Kier molecular flexibility index (Phi) is 6.32. The number of nitrogens with one attached hydrogen (secondary N) is 3. The third kappa shape index (κ3) is 4.92. The largest absolute Gasteiger partial charge is 0.508 e. The Morgan fingerprint density at radius 2 is 1.89 bits per heavy atom. The number of aromatic amines is 1. The van der Waals surface area contributed by atoms with Crippen molar-refractivity contribution in [3.8, 4) is 11.8 Å². The molecule has 0 aliphatic rings. The van der Waals surface area contributed by atoms with Crippen molar-refractivity contribution in [1.82, 2.24) is 15.6 Å². The fraction of sp³-hybridized carbons (Fsp3) is 0.182. The molecule has 0 radical (unpaired) electrons. The Morgan fingerprint density at radius 1 is 1.11 bits per heavy atom. The number of hydrogen-bond acceptors (Lipinski definition) is 4. The summed E-state index contributed by atoms with van der Waals surface area (Å²) in [6, 6.07) is 16.8. The zero-order chi connectivity index (χ0) is 19.8. The fourth-order valence-corrected chi connectivity index (χ4v) is 2.95. The molecule has 6 nitrogen and oxygen atoms in total. The van der Waals surface area contributed by atoms with Gasteiger partial charge < -0.3 is 20.7 Å². The Labute approximate surface area is 163 Å². The van der Waals surface area contributed by atoms with Gasteiger partial charge in [-0.05, 0) is 42.2 Å². The lowest BCUT2D eigenvalue weighted by Gasteiger charge is -2.06. The molecular formula is C22H22N4O2. The fourth-order valence-electron chi connectivity index (χ4n) is 2.95. The van der Waals surface area contributed by atoms with Crippen molar-refractivity contribution in [3.05, 3.63) is 77.6 Å². The number of carbonyl (C=O) groups excluding carboxylic acids is 1. The lowest BCUT2D eigenvalue weighted by Crippen LogP contribution is -2.27. The number of H-pyrrole nitrogens is 1. The summed E-state index contributed by atoms with van der Waals surface area (Å²) >= 11 is 0. The minimum Gasteiger partial charge on any atom is -0.508 e. The zero-order valence-corrected chi connectivity index (χ0v) is 15.4. The lowest BCUT2D eigenvalue weighted by molar-refractivity contribution is -0.117. The maximum Gasteiger partial charge on any atom is 0.263 e. The Balaban J connectivity index is 1.45. The standard InChI is InChI=1S/C22H22N4O2/c23-13-18(22(28)25-12-9-16-5-7-19(27)8-6-16)14-24-11-10-17-15-26-21-4-2-1-3-20(17)21/h1-8,14-15,24,26-27H,9-12H2,(H,25,28)/b18-14-. The van der Waals surface area contributed by atoms with E-state index in [0.29, 0.717) is 19.5 Å². The SMILES string of the molecule is N#C/C(=C/NCCc1c[nH]c2ccccc12)C(=O)NCCc1ccc(O)cc1. The highest BCUT2D eigenvalue weighted by Crippen LogP contribution is 2.17. The van der Waals surface area contributed by atoms with Crippen LogP contribution in [0.4, 0.5) is 0 Å². The van der Waals surface area contributed by atoms with E-state index >= 15 is 0 Å². The molecule has 0 saturated carbocycles. The van der Waals surface area contributed by atoms with E-state index < -0.39 is 5.91 Å². The summed E-state index contributed by atoms with van der Waals surface area (Å²) in [6.07, 6.45) is 4.85. The molecule has 0 saturated heterocycles. The normalized spacial score (nSPS) is 11.2. The predicted octanol–water partition coefficient (Wildman–Crippen LogP) is 2.77. The van der Waals surface area contributed by atoms with E-state index in [1.165, 1.54) is 17.1 Å². The van der Waals surface area contributed by atoms with E-state index in [2.05, 4.69) is 21.7 Å². The van der Waals surface area contributed by atoms with Crippen molar-refractivity contribution in [2.45, 2.75) is 12.8 Å². The number of rotatable bonds is 8. The molecule has 1 amide bonds. The topological polar surface area (TPSA) is 101 Å². The highest BCUT2D eigenvalue weighted by molar-refractivity contribution is 5.97. The lowest BCUT2D eigenvalue weighted by atomic mass is 10.1. The van der Waals surface area contributed by atoms with Crippen LogP contribution in [0.3, 0.4) is 0 Å². The summed E-state index contributed by atoms with van der Waals surface area (Å²) in [5, 5.41) is 25.5. The van der Waals surface area contributed by atoms with Crippen molar-refractivity contribution < 1.29 is 9.90 Å². The molecule has 4 N–H and O–H groups in total. The third-order valence-corrected chi connectivity index (χ3v) is 4.46. The second-order valence-electron chi connectivity index (χ2n) is 6.41. The number of phenols is 1. The number of para-hydroxylation sites is 1. The van der Waals surface area contributed by atoms with E-state index in [9.17, 15) is 15.2 Å². The first-order valence-corrected chi connectivity index (χ1v) is 9.12. The average Bonchev–Trinajstić information content (AvgIpc) is 3.12. The Bertz CT molecular complexity index is 1010. The highest BCUT2D eigenvalue weighted by atomic mass is 16.3. The van der Waals surface area contributed by atoms with Gasteiger partial charge in [0, 0.05) is 36.4 Å². The van der Waals surface area contributed by atoms with Crippen LogP contribution >= 0.6 is 0 Å². The van der Waals surface area contributed by atoms with E-state index in [0.717, 1.165) is 17.5 Å². The van der Waals surface area contributed by atoms with Gasteiger partial charge in [-0.1, -0.05) is 30.3 Å². The molecular weight excluding hydrogens is 352 g/mol. The molecule has 0 aliphatic carbocycles. The third-order valence-electron chi connectivity index (χ3n) is 4.46. The molecule has 2 aromatic carbocycles. The van der Waals surface area contributed by atoms with Crippen LogP contribution < -0.4 is 10.6 Å². The Hall–Kier alpha value is -3.72. The molecule has 28 heavy (non-hydrogen) atoms. The van der Waals surface area contributed by atoms with Crippen LogP contribution in [0.25, 0.3) is 10.9 Å². The number of benzene rings is 2. The van der Waals surface area contributed by atoms with Crippen LogP contribution in [0, 0.1) is 11.3 Å². The van der Waals surface area contributed by atoms with Gasteiger partial charge in [0.05, 0.1) is 0 Å². The first-order valence-electron chi connectivity index (χ1n) is 9.12. The van der Waals surface area contributed by atoms with Gasteiger partial charge in [0.15, 0.2) is 0 Å². The molecule has 3 aromatic rings. The molecule has 0 aliphatic heterocycles. The molecule has 0 unspecified atom stereocenters. The molecule has 1 aromatic heterocycles. The maximum atomic E-state index is 12.1. The molecule has 142 valence electrons. The quantitative estimate of drug-likeness (QED) is 0.277. The molecule has 0 bridgehead atoms. The van der Waals surface area contributed by atoms with E-state index in [1.54, 1.807) is 24.3 Å². The summed E-state index contributed by atoms with van der Waals surface area (Å²) in [6.45, 7) is 1.03. The summed E-state index contributed by atoms with van der Waals surface area (Å²) < 4.78 is 0. The van der Waals surface area contributed by atoms with Gasteiger partial charge in [0.1, 0.15) is 17.4 Å². The molecule has 0 spiro atoms. The van der Waals surface area contributed by atoms with Crippen molar-refractivity contribution in [2.24, 2.45) is 0 Å². The van der Waals surface area contributed by atoms with Gasteiger partial charge in [0.25, 0.3) is 5.91 Å². The van der Waals surface area contributed by atoms with Crippen molar-refractivity contribution in [1.29, 1.82) is 5.26 Å². The average molecular weight is 374 g/mol. The van der Waals surface area contributed by atoms with E-state index in [1.807, 2.05) is 30.5 Å². The molecule has 0 fully saturated rings. The molecule has 3 rings (SSSR count). The van der Waals surface area contributed by atoms with Crippen molar-refractivity contribution >= 4 is 16.8 Å². The van der Waals surface area contributed by atoms with Gasteiger partial charge in [-0.15, -0.1) is 0 Å². The zero-order valence-electron chi connectivity index (χ0n) is 15.4. The van der Waals surface area contributed by atoms with Crippen molar-refractivity contribution in [2.75, 3.05) is 13.1 Å². The van der Waals surface area contributed by atoms with E-state index in [4.69, 9.17) is 0 Å². The second kappa shape index (κ2) is 9.28. The van der Waals surface area contributed by atoms with Crippen molar-refractivity contribution in [3.63, 3.8) is 0 Å². The van der Waals surface area contributed by atoms with Crippen LogP contribution in [0.15, 0.2) is 66.5 Å². The summed E-state index contributed by atoms with van der Waals surface area (Å²) in [5.41, 5.74) is 3.33. The van der Waals surface area contributed by atoms with Crippen LogP contribution in [0.5, 0.6) is 5.75 Å². The summed E-state index contributed by atoms with van der Waals surface area (Å²) in [5.74, 6) is -0.193. The van der Waals surface area contributed by atoms with Gasteiger partial charge in [-0.25, -0.2) is 0 Å². The van der Waals surface area contributed by atoms with Gasteiger partial charge >= 0.3 is 0 Å². The number of nitrogens with zero attached hydrogens (tertiary/aromatic N) is 1. The predicted molar refractivity (Wildman–Crippen MR) is 109 cm³/mol. The van der Waals surface area contributed by atoms with Crippen LogP contribution in [-0.4, -0.2) is 29.1 Å². The first-order chi connectivity index (χ1) is 13.7. The van der Waals surface area contributed by atoms with Crippen LogP contribution in [0.1, 0.15) is 11.1 Å². The number of amides is 1. The molecule has 1 heterocycles. The number of aromatic hydroxyl groups is 1. The smallest absolute Gasteiger partial charge is 0.263 e. The first kappa shape index (κ1) is 19.1. The number of hydrogen-bond donors (Lipinski definition) is 4. The second-order valence-corrected chi connectivity index (χ2v) is 6.41. The highest BCUT2D eigenvalue weighted by Gasteiger charge is 2.08. The number of carbonyl (C=O) groups is 1. The van der Waals surface area contributed by atoms with Crippen LogP contribution in [0.2, 0.25) is 0 Å². The minimum atomic E-state index is -0.402. The van der Waals surface area contributed by atoms with Gasteiger partial charge in [0.2, 0.25) is 0 Å². The number of nitriles is 1. The Morgan fingerprint density at radius 3 is 2.68 bits per heavy atom. The maximum absolute atomic E-state index is 12.1.